The predicted octanol–water partition coefficient (Wildman–Crippen LogP) is 0.623. The summed E-state index contributed by atoms with van der Waals surface area (Å²) in [5.41, 5.74) is -0.139. The highest BCUT2D eigenvalue weighted by molar-refractivity contribution is 7.98. The van der Waals surface area contributed by atoms with E-state index < -0.39 is 0 Å². The van der Waals surface area contributed by atoms with Gasteiger partial charge in [0.15, 0.2) is 0 Å². The largest absolute Gasteiger partial charge is 0.363 e. The number of carbonyl (C=O) groups is 1. The molecule has 1 saturated heterocycles. The second-order valence-electron chi connectivity index (χ2n) is 4.59. The van der Waals surface area contributed by atoms with E-state index in [-0.39, 0.29) is 24.2 Å². The molecule has 1 rings (SSSR count). The van der Waals surface area contributed by atoms with Gasteiger partial charge in [0, 0.05) is 19.1 Å². The summed E-state index contributed by atoms with van der Waals surface area (Å²) in [7, 11) is 0. The lowest BCUT2D eigenvalue weighted by Gasteiger charge is -2.38. The Hall–Kier alpha value is -0.260. The van der Waals surface area contributed by atoms with E-state index in [1.807, 2.05) is 13.8 Å². The van der Waals surface area contributed by atoms with Crippen molar-refractivity contribution in [1.82, 2.24) is 10.6 Å². The Morgan fingerprint density at radius 1 is 1.62 bits per heavy atom. The van der Waals surface area contributed by atoms with Crippen molar-refractivity contribution in [3.63, 3.8) is 0 Å². The molecule has 1 atom stereocenters. The second kappa shape index (κ2) is 6.47. The van der Waals surface area contributed by atoms with Gasteiger partial charge in [-0.1, -0.05) is 0 Å². The van der Waals surface area contributed by atoms with Gasteiger partial charge in [0.1, 0.15) is 6.61 Å². The molecule has 0 aromatic heterocycles. The van der Waals surface area contributed by atoms with Crippen molar-refractivity contribution in [2.24, 2.45) is 0 Å². The van der Waals surface area contributed by atoms with E-state index in [2.05, 4.69) is 16.9 Å². The first-order valence-corrected chi connectivity index (χ1v) is 7.08. The van der Waals surface area contributed by atoms with Crippen molar-refractivity contribution in [1.29, 1.82) is 0 Å². The fourth-order valence-electron chi connectivity index (χ4n) is 1.50. The van der Waals surface area contributed by atoms with Crippen molar-refractivity contribution >= 4 is 17.7 Å². The fourth-order valence-corrected chi connectivity index (χ4v) is 2.09. The van der Waals surface area contributed by atoms with Gasteiger partial charge in [0.2, 0.25) is 5.91 Å². The average Bonchev–Trinajstić information content (AvgIpc) is 2.21. The van der Waals surface area contributed by atoms with Crippen LogP contribution in [0.1, 0.15) is 20.3 Å². The summed E-state index contributed by atoms with van der Waals surface area (Å²) in [6, 6.07) is 0.232. The third-order valence-electron chi connectivity index (χ3n) is 2.71. The zero-order valence-corrected chi connectivity index (χ0v) is 11.2. The van der Waals surface area contributed by atoms with Gasteiger partial charge in [0.25, 0.3) is 0 Å². The Labute approximate surface area is 102 Å². The van der Waals surface area contributed by atoms with E-state index >= 15 is 0 Å². The van der Waals surface area contributed by atoms with E-state index in [9.17, 15) is 4.79 Å². The van der Waals surface area contributed by atoms with E-state index in [1.165, 1.54) is 0 Å². The molecule has 0 radical (unpaired) electrons. The van der Waals surface area contributed by atoms with Gasteiger partial charge in [-0.05, 0) is 32.3 Å². The molecule has 0 bridgehead atoms. The lowest BCUT2D eigenvalue weighted by molar-refractivity contribution is -0.136. The quantitative estimate of drug-likeness (QED) is 0.691. The Morgan fingerprint density at radius 2 is 2.31 bits per heavy atom. The van der Waals surface area contributed by atoms with Gasteiger partial charge < -0.3 is 15.4 Å². The van der Waals surface area contributed by atoms with Crippen molar-refractivity contribution < 1.29 is 9.53 Å². The number of hydrogen-bond donors (Lipinski definition) is 2. The fraction of sp³-hybridized carbons (Fsp3) is 0.909. The molecule has 1 heterocycles. The van der Waals surface area contributed by atoms with Crippen LogP contribution in [0, 0.1) is 0 Å². The summed E-state index contributed by atoms with van der Waals surface area (Å²) in [5, 5.41) is 6.07. The molecule has 0 aromatic carbocycles. The van der Waals surface area contributed by atoms with Crippen LogP contribution in [0.5, 0.6) is 0 Å². The maximum Gasteiger partial charge on any atom is 0.246 e. The van der Waals surface area contributed by atoms with Crippen LogP contribution < -0.4 is 10.6 Å². The molecule has 0 spiro atoms. The molecular weight excluding hydrogens is 224 g/mol. The minimum atomic E-state index is -0.139. The molecule has 1 aliphatic rings. The Kier molecular flexibility index (Phi) is 5.58. The molecule has 1 unspecified atom stereocenters. The van der Waals surface area contributed by atoms with Gasteiger partial charge in [0.05, 0.1) is 5.60 Å². The number of ether oxygens (including phenoxy) is 1. The first-order chi connectivity index (χ1) is 7.56. The van der Waals surface area contributed by atoms with Gasteiger partial charge in [-0.25, -0.2) is 0 Å². The SMILES string of the molecule is CSCCC(C)NC(=O)COC1(C)CNC1. The van der Waals surface area contributed by atoms with Gasteiger partial charge in [-0.2, -0.15) is 11.8 Å². The third kappa shape index (κ3) is 4.72. The van der Waals surface area contributed by atoms with Crippen LogP contribution in [0.2, 0.25) is 0 Å². The minimum absolute atomic E-state index is 0.0123. The monoisotopic (exact) mass is 246 g/mol. The van der Waals surface area contributed by atoms with E-state index in [0.29, 0.717) is 0 Å². The highest BCUT2D eigenvalue weighted by atomic mass is 32.2. The number of nitrogens with one attached hydrogen (secondary N) is 2. The van der Waals surface area contributed by atoms with E-state index in [0.717, 1.165) is 25.3 Å². The van der Waals surface area contributed by atoms with Crippen molar-refractivity contribution in [2.75, 3.05) is 31.7 Å². The van der Waals surface area contributed by atoms with Gasteiger partial charge in [-0.15, -0.1) is 0 Å². The summed E-state index contributed by atoms with van der Waals surface area (Å²) in [6.45, 7) is 5.89. The van der Waals surface area contributed by atoms with Crippen LogP contribution in [-0.4, -0.2) is 49.3 Å². The molecule has 0 aliphatic carbocycles. The van der Waals surface area contributed by atoms with Crippen LogP contribution in [0.3, 0.4) is 0 Å². The van der Waals surface area contributed by atoms with Gasteiger partial charge in [-0.3, -0.25) is 4.79 Å². The molecular formula is C11H22N2O2S. The summed E-state index contributed by atoms with van der Waals surface area (Å²) in [4.78, 5) is 11.5. The molecule has 2 N–H and O–H groups in total. The molecule has 4 nitrogen and oxygen atoms in total. The first kappa shape index (κ1) is 13.8. The highest BCUT2D eigenvalue weighted by Gasteiger charge is 2.33. The number of carbonyl (C=O) groups excluding carboxylic acids is 1. The van der Waals surface area contributed by atoms with Crippen LogP contribution in [-0.2, 0) is 9.53 Å². The summed E-state index contributed by atoms with van der Waals surface area (Å²) in [6.07, 6.45) is 3.08. The zero-order chi connectivity index (χ0) is 12.0. The number of thioether (sulfide) groups is 1. The molecule has 0 saturated carbocycles. The van der Waals surface area contributed by atoms with E-state index in [4.69, 9.17) is 4.74 Å². The van der Waals surface area contributed by atoms with Crippen LogP contribution in [0.15, 0.2) is 0 Å². The summed E-state index contributed by atoms with van der Waals surface area (Å²) in [5.74, 6) is 1.06. The van der Waals surface area contributed by atoms with Crippen LogP contribution in [0.25, 0.3) is 0 Å². The first-order valence-electron chi connectivity index (χ1n) is 5.69. The van der Waals surface area contributed by atoms with E-state index in [1.54, 1.807) is 11.8 Å². The van der Waals surface area contributed by atoms with Crippen molar-refractivity contribution in [2.45, 2.75) is 31.9 Å². The van der Waals surface area contributed by atoms with Crippen molar-refractivity contribution in [3.05, 3.63) is 0 Å². The highest BCUT2D eigenvalue weighted by Crippen LogP contribution is 2.14. The molecule has 1 aliphatic heterocycles. The normalized spacial score (nSPS) is 19.9. The maximum absolute atomic E-state index is 11.5. The van der Waals surface area contributed by atoms with Crippen LogP contribution >= 0.6 is 11.8 Å². The number of hydrogen-bond acceptors (Lipinski definition) is 4. The third-order valence-corrected chi connectivity index (χ3v) is 3.36. The standard InChI is InChI=1S/C11H22N2O2S/c1-9(4-5-16-3)13-10(14)6-15-11(2)7-12-8-11/h9,12H,4-8H2,1-3H3,(H,13,14). The topological polar surface area (TPSA) is 50.4 Å². The van der Waals surface area contributed by atoms with Crippen LogP contribution in [0.4, 0.5) is 0 Å². The summed E-state index contributed by atoms with van der Waals surface area (Å²) < 4.78 is 5.55. The second-order valence-corrected chi connectivity index (χ2v) is 5.58. The number of rotatable bonds is 7. The molecule has 94 valence electrons. The van der Waals surface area contributed by atoms with Crippen molar-refractivity contribution in [3.8, 4) is 0 Å². The molecule has 16 heavy (non-hydrogen) atoms. The molecule has 1 fully saturated rings. The average molecular weight is 246 g/mol. The smallest absolute Gasteiger partial charge is 0.246 e. The Bertz CT molecular complexity index is 232. The van der Waals surface area contributed by atoms with Gasteiger partial charge >= 0.3 is 0 Å². The minimum Gasteiger partial charge on any atom is -0.363 e. The molecule has 5 heteroatoms. The lowest BCUT2D eigenvalue weighted by atomic mass is 10.0. The molecule has 1 amide bonds. The Balaban J connectivity index is 2.10. The maximum atomic E-state index is 11.5. The molecule has 0 aromatic rings. The summed E-state index contributed by atoms with van der Waals surface area (Å²) >= 11 is 1.80. The Morgan fingerprint density at radius 3 is 2.81 bits per heavy atom. The lowest BCUT2D eigenvalue weighted by Crippen LogP contribution is -2.59. The number of amides is 1. The predicted molar refractivity (Wildman–Crippen MR) is 67.8 cm³/mol. The zero-order valence-electron chi connectivity index (χ0n) is 10.3.